The monoisotopic (exact) mass is 308 g/mol. The van der Waals surface area contributed by atoms with Crippen LogP contribution in [0.2, 0.25) is 0 Å². The Balaban J connectivity index is 2.35. The minimum atomic E-state index is -0.498. The van der Waals surface area contributed by atoms with E-state index < -0.39 is 11.7 Å². The van der Waals surface area contributed by atoms with Gasteiger partial charge in [-0.2, -0.15) is 0 Å². The third kappa shape index (κ3) is 8.00. The van der Waals surface area contributed by atoms with E-state index in [9.17, 15) is 9.90 Å². The van der Waals surface area contributed by atoms with Gasteiger partial charge in [0, 0.05) is 18.6 Å². The van der Waals surface area contributed by atoms with Gasteiger partial charge in [-0.05, 0) is 39.7 Å². The van der Waals surface area contributed by atoms with Gasteiger partial charge in [0.1, 0.15) is 5.60 Å². The Hall–Kier alpha value is -1.59. The lowest BCUT2D eigenvalue weighted by atomic mass is 10.1. The molecule has 22 heavy (non-hydrogen) atoms. The zero-order chi connectivity index (χ0) is 16.6. The van der Waals surface area contributed by atoms with Crippen molar-refractivity contribution in [2.75, 3.05) is 13.2 Å². The van der Waals surface area contributed by atoms with Crippen molar-refractivity contribution in [1.29, 1.82) is 0 Å². The van der Waals surface area contributed by atoms with Gasteiger partial charge in [0.15, 0.2) is 0 Å². The van der Waals surface area contributed by atoms with Gasteiger partial charge in [-0.1, -0.05) is 30.3 Å². The standard InChI is InChI=1S/C17H28N2O3/c1-13(11-18-16(21)22-17(2,3)4)19-15(12-20)10-14-8-6-5-7-9-14/h5-9,13,15,19-20H,10-12H2,1-4H3,(H,18,21)/t13?,15-/m1/s1. The van der Waals surface area contributed by atoms with Crippen LogP contribution in [0.15, 0.2) is 30.3 Å². The fourth-order valence-corrected chi connectivity index (χ4v) is 2.09. The molecule has 1 aromatic rings. The highest BCUT2D eigenvalue weighted by Gasteiger charge is 2.17. The summed E-state index contributed by atoms with van der Waals surface area (Å²) in [7, 11) is 0. The van der Waals surface area contributed by atoms with E-state index in [1.807, 2.05) is 58.0 Å². The average molecular weight is 308 g/mol. The fourth-order valence-electron chi connectivity index (χ4n) is 2.09. The Kier molecular flexibility index (Phi) is 7.35. The summed E-state index contributed by atoms with van der Waals surface area (Å²) in [4.78, 5) is 11.6. The molecule has 1 rings (SSSR count). The highest BCUT2D eigenvalue weighted by atomic mass is 16.6. The summed E-state index contributed by atoms with van der Waals surface area (Å²) in [6.45, 7) is 7.94. The fraction of sp³-hybridized carbons (Fsp3) is 0.588. The van der Waals surface area contributed by atoms with E-state index in [1.165, 1.54) is 5.56 Å². The third-order valence-electron chi connectivity index (χ3n) is 3.02. The maximum Gasteiger partial charge on any atom is 0.407 e. The van der Waals surface area contributed by atoms with E-state index >= 15 is 0 Å². The zero-order valence-electron chi connectivity index (χ0n) is 13.9. The number of amides is 1. The van der Waals surface area contributed by atoms with Crippen LogP contribution >= 0.6 is 0 Å². The van der Waals surface area contributed by atoms with Gasteiger partial charge in [0.25, 0.3) is 0 Å². The second-order valence-electron chi connectivity index (χ2n) is 6.52. The first-order valence-electron chi connectivity index (χ1n) is 7.68. The summed E-state index contributed by atoms with van der Waals surface area (Å²) in [5, 5.41) is 15.5. The highest BCUT2D eigenvalue weighted by Crippen LogP contribution is 2.06. The van der Waals surface area contributed by atoms with Gasteiger partial charge < -0.3 is 20.5 Å². The normalized spacial score (nSPS) is 14.2. The van der Waals surface area contributed by atoms with Crippen LogP contribution in [-0.4, -0.2) is 42.0 Å². The Bertz CT molecular complexity index is 443. The molecule has 124 valence electrons. The Morgan fingerprint density at radius 1 is 1.27 bits per heavy atom. The summed E-state index contributed by atoms with van der Waals surface area (Å²) >= 11 is 0. The Morgan fingerprint density at radius 3 is 2.45 bits per heavy atom. The number of hydrogen-bond donors (Lipinski definition) is 3. The van der Waals surface area contributed by atoms with Crippen molar-refractivity contribution in [3.63, 3.8) is 0 Å². The summed E-state index contributed by atoms with van der Waals surface area (Å²) in [6, 6.07) is 10.0. The summed E-state index contributed by atoms with van der Waals surface area (Å²) in [5.41, 5.74) is 0.670. The van der Waals surface area contributed by atoms with Crippen LogP contribution in [0, 0.1) is 0 Å². The molecule has 5 heteroatoms. The maximum absolute atomic E-state index is 11.6. The second kappa shape index (κ2) is 8.76. The predicted molar refractivity (Wildman–Crippen MR) is 87.9 cm³/mol. The molecular formula is C17H28N2O3. The van der Waals surface area contributed by atoms with Gasteiger partial charge in [-0.25, -0.2) is 4.79 Å². The van der Waals surface area contributed by atoms with Crippen molar-refractivity contribution >= 4 is 6.09 Å². The lowest BCUT2D eigenvalue weighted by Gasteiger charge is -2.24. The molecule has 1 aromatic carbocycles. The molecule has 0 saturated carbocycles. The van der Waals surface area contributed by atoms with Crippen LogP contribution < -0.4 is 10.6 Å². The zero-order valence-corrected chi connectivity index (χ0v) is 13.9. The molecule has 1 amide bonds. The molecule has 0 fully saturated rings. The molecule has 1 unspecified atom stereocenters. The van der Waals surface area contributed by atoms with Crippen LogP contribution in [0.4, 0.5) is 4.79 Å². The molecule has 0 saturated heterocycles. The van der Waals surface area contributed by atoms with Gasteiger partial charge in [-0.15, -0.1) is 0 Å². The first-order chi connectivity index (χ1) is 10.3. The number of ether oxygens (including phenoxy) is 1. The number of carbonyl (C=O) groups excluding carboxylic acids is 1. The lowest BCUT2D eigenvalue weighted by molar-refractivity contribution is 0.0522. The molecule has 0 bridgehead atoms. The molecule has 0 aliphatic rings. The molecule has 5 nitrogen and oxygen atoms in total. The maximum atomic E-state index is 11.6. The van der Waals surface area contributed by atoms with Crippen molar-refractivity contribution in [3.8, 4) is 0 Å². The lowest BCUT2D eigenvalue weighted by Crippen LogP contribution is -2.46. The molecule has 0 heterocycles. The molecule has 2 atom stereocenters. The van der Waals surface area contributed by atoms with Crippen LogP contribution in [0.3, 0.4) is 0 Å². The number of aliphatic hydroxyl groups is 1. The van der Waals surface area contributed by atoms with E-state index in [1.54, 1.807) is 0 Å². The van der Waals surface area contributed by atoms with E-state index in [0.29, 0.717) is 6.54 Å². The van der Waals surface area contributed by atoms with Crippen molar-refractivity contribution in [2.24, 2.45) is 0 Å². The number of nitrogens with one attached hydrogen (secondary N) is 2. The largest absolute Gasteiger partial charge is 0.444 e. The Morgan fingerprint density at radius 2 is 1.91 bits per heavy atom. The minimum Gasteiger partial charge on any atom is -0.444 e. The van der Waals surface area contributed by atoms with Gasteiger partial charge >= 0.3 is 6.09 Å². The van der Waals surface area contributed by atoms with Crippen molar-refractivity contribution in [3.05, 3.63) is 35.9 Å². The van der Waals surface area contributed by atoms with Crippen molar-refractivity contribution in [1.82, 2.24) is 10.6 Å². The SMILES string of the molecule is CC(CNC(=O)OC(C)(C)C)N[C@@H](CO)Cc1ccccc1. The summed E-state index contributed by atoms with van der Waals surface area (Å²) in [5.74, 6) is 0. The van der Waals surface area contributed by atoms with Crippen LogP contribution in [0.25, 0.3) is 0 Å². The van der Waals surface area contributed by atoms with Crippen LogP contribution in [0.1, 0.15) is 33.3 Å². The molecule has 0 aliphatic heterocycles. The summed E-state index contributed by atoms with van der Waals surface area (Å²) < 4.78 is 5.19. The number of rotatable bonds is 7. The Labute approximate surface area is 133 Å². The van der Waals surface area contributed by atoms with Gasteiger partial charge in [0.05, 0.1) is 6.61 Å². The van der Waals surface area contributed by atoms with Crippen molar-refractivity contribution in [2.45, 2.75) is 51.8 Å². The molecule has 0 spiro atoms. The second-order valence-corrected chi connectivity index (χ2v) is 6.52. The van der Waals surface area contributed by atoms with E-state index in [0.717, 1.165) is 6.42 Å². The molecule has 3 N–H and O–H groups in total. The van der Waals surface area contributed by atoms with Crippen LogP contribution in [-0.2, 0) is 11.2 Å². The average Bonchev–Trinajstić information content (AvgIpc) is 2.44. The number of carbonyl (C=O) groups is 1. The van der Waals surface area contributed by atoms with Crippen LogP contribution in [0.5, 0.6) is 0 Å². The first-order valence-corrected chi connectivity index (χ1v) is 7.68. The highest BCUT2D eigenvalue weighted by molar-refractivity contribution is 5.67. The molecule has 0 aliphatic carbocycles. The quantitative estimate of drug-likeness (QED) is 0.721. The molecule has 0 radical (unpaired) electrons. The summed E-state index contributed by atoms with van der Waals surface area (Å²) in [6.07, 6.45) is 0.318. The topological polar surface area (TPSA) is 70.6 Å². The number of hydrogen-bond acceptors (Lipinski definition) is 4. The molecular weight excluding hydrogens is 280 g/mol. The van der Waals surface area contributed by atoms with Gasteiger partial charge in [0.2, 0.25) is 0 Å². The number of benzene rings is 1. The third-order valence-corrected chi connectivity index (χ3v) is 3.02. The van der Waals surface area contributed by atoms with Gasteiger partial charge in [-0.3, -0.25) is 0 Å². The van der Waals surface area contributed by atoms with E-state index in [-0.39, 0.29) is 18.7 Å². The number of alkyl carbamates (subject to hydrolysis) is 1. The first kappa shape index (κ1) is 18.5. The van der Waals surface area contributed by atoms with Crippen molar-refractivity contribution < 1.29 is 14.6 Å². The van der Waals surface area contributed by atoms with E-state index in [4.69, 9.17) is 4.74 Å². The molecule has 0 aromatic heterocycles. The predicted octanol–water partition coefficient (Wildman–Crippen LogP) is 2.09. The smallest absolute Gasteiger partial charge is 0.407 e. The minimum absolute atomic E-state index is 0.0355. The van der Waals surface area contributed by atoms with E-state index in [2.05, 4.69) is 10.6 Å². The number of aliphatic hydroxyl groups excluding tert-OH is 1.